The third-order valence-electron chi connectivity index (χ3n) is 6.85. The van der Waals surface area contributed by atoms with Crippen LogP contribution in [0.3, 0.4) is 0 Å². The molecule has 10 heteroatoms. The number of rotatable bonds is 8. The van der Waals surface area contributed by atoms with E-state index in [1.165, 1.54) is 6.26 Å². The van der Waals surface area contributed by atoms with Crippen LogP contribution in [0.25, 0.3) is 10.9 Å². The zero-order valence-electron chi connectivity index (χ0n) is 22.6. The maximum Gasteiger partial charge on any atom is 0.150 e. The molecule has 42 heavy (non-hydrogen) atoms. The van der Waals surface area contributed by atoms with Gasteiger partial charge in [0.1, 0.15) is 18.5 Å². The van der Waals surface area contributed by atoms with Crippen LogP contribution < -0.4 is 15.5 Å². The Kier molecular flexibility index (Phi) is 7.92. The molecule has 212 valence electrons. The van der Waals surface area contributed by atoms with Crippen LogP contribution in [0.2, 0.25) is 5.02 Å². The number of nitrogens with two attached hydrogens (primary N) is 1. The van der Waals surface area contributed by atoms with Crippen molar-refractivity contribution in [1.29, 1.82) is 0 Å². The Morgan fingerprint density at radius 3 is 2.50 bits per heavy atom. The molecule has 0 spiro atoms. The van der Waals surface area contributed by atoms with Crippen LogP contribution in [0.4, 0.5) is 5.69 Å². The molecule has 1 aliphatic rings. The van der Waals surface area contributed by atoms with Crippen LogP contribution in [0.5, 0.6) is 5.75 Å². The largest absolute Gasteiger partial charge is 0.493 e. The molecule has 1 atom stereocenters. The Hall–Kier alpha value is -3.89. The van der Waals surface area contributed by atoms with Gasteiger partial charge in [-0.05, 0) is 60.7 Å². The highest BCUT2D eigenvalue weighted by Crippen LogP contribution is 2.37. The number of aromatic nitrogens is 1. The molecule has 0 radical (unpaired) electrons. The molecule has 1 aromatic heterocycles. The number of anilines is 1. The lowest BCUT2D eigenvalue weighted by Gasteiger charge is -2.33. The van der Waals surface area contributed by atoms with Gasteiger partial charge in [0.2, 0.25) is 0 Å². The molecule has 0 aliphatic carbocycles. The number of hydrazone groups is 1. The minimum absolute atomic E-state index is 0.0382. The van der Waals surface area contributed by atoms with Crippen LogP contribution in [-0.4, -0.2) is 37.7 Å². The molecular weight excluding hydrogens is 588 g/mol. The smallest absolute Gasteiger partial charge is 0.150 e. The Labute approximate surface area is 253 Å². The van der Waals surface area contributed by atoms with Crippen molar-refractivity contribution < 1.29 is 13.2 Å². The highest BCUT2D eigenvalue weighted by atomic mass is 35.5. The second kappa shape index (κ2) is 11.8. The number of benzene rings is 4. The molecule has 5 aromatic rings. The summed E-state index contributed by atoms with van der Waals surface area (Å²) in [6, 6.07) is 31.4. The summed E-state index contributed by atoms with van der Waals surface area (Å²) < 4.78 is 28.6. The summed E-state index contributed by atoms with van der Waals surface area (Å²) in [5.74, 6) is 0.564. The zero-order chi connectivity index (χ0) is 29.3. The number of nitrogens with zero attached hydrogens (tertiary/aromatic N) is 3. The zero-order valence-corrected chi connectivity index (χ0v) is 25.0. The van der Waals surface area contributed by atoms with Gasteiger partial charge in [0, 0.05) is 49.3 Å². The Bertz CT molecular complexity index is 1900. The minimum Gasteiger partial charge on any atom is -0.493 e. The van der Waals surface area contributed by atoms with Gasteiger partial charge in [0.15, 0.2) is 9.84 Å². The van der Waals surface area contributed by atoms with Crippen molar-refractivity contribution in [2.45, 2.75) is 16.0 Å². The van der Waals surface area contributed by atoms with Gasteiger partial charge in [-0.2, -0.15) is 5.10 Å². The van der Waals surface area contributed by atoms with Gasteiger partial charge in [-0.1, -0.05) is 59.8 Å². The van der Waals surface area contributed by atoms with Gasteiger partial charge in [0.25, 0.3) is 0 Å². The van der Waals surface area contributed by atoms with Crippen LogP contribution >= 0.6 is 23.4 Å². The normalized spacial score (nSPS) is 14.9. The lowest BCUT2D eigenvalue weighted by Crippen LogP contribution is -2.36. The molecule has 1 unspecified atom stereocenters. The molecule has 2 N–H and O–H groups in total. The van der Waals surface area contributed by atoms with Crippen LogP contribution in [-0.2, 0) is 9.84 Å². The maximum absolute atomic E-state index is 11.5. The van der Waals surface area contributed by atoms with E-state index in [0.717, 1.165) is 48.8 Å². The molecule has 7 nitrogen and oxygen atoms in total. The van der Waals surface area contributed by atoms with Gasteiger partial charge < -0.3 is 10.5 Å². The lowest BCUT2D eigenvalue weighted by atomic mass is 9.94. The van der Waals surface area contributed by atoms with Crippen molar-refractivity contribution in [2.75, 3.05) is 23.6 Å². The first-order valence-corrected chi connectivity index (χ1v) is 16.5. The summed E-state index contributed by atoms with van der Waals surface area (Å²) in [7, 11) is -3.10. The average molecular weight is 615 g/mol. The monoisotopic (exact) mass is 614 g/mol. The topological polar surface area (TPSA) is 97.9 Å². The minimum atomic E-state index is -3.10. The predicted molar refractivity (Wildman–Crippen MR) is 170 cm³/mol. The molecule has 1 aliphatic heterocycles. The van der Waals surface area contributed by atoms with Gasteiger partial charge in [-0.15, -0.1) is 0 Å². The van der Waals surface area contributed by atoms with E-state index in [1.807, 2.05) is 96.0 Å². The summed E-state index contributed by atoms with van der Waals surface area (Å²) in [5.41, 5.74) is 12.2. The van der Waals surface area contributed by atoms with Gasteiger partial charge in [0.05, 0.1) is 22.7 Å². The van der Waals surface area contributed by atoms with Crippen molar-refractivity contribution in [2.24, 2.45) is 10.8 Å². The van der Waals surface area contributed by atoms with E-state index in [0.29, 0.717) is 10.8 Å². The van der Waals surface area contributed by atoms with Crippen molar-refractivity contribution in [3.8, 4) is 5.75 Å². The van der Waals surface area contributed by atoms with Gasteiger partial charge in [-0.3, -0.25) is 4.98 Å². The number of pyridine rings is 1. The number of hydrogen-bond acceptors (Lipinski definition) is 8. The Morgan fingerprint density at radius 1 is 0.976 bits per heavy atom. The van der Waals surface area contributed by atoms with Crippen molar-refractivity contribution in [3.63, 3.8) is 0 Å². The first kappa shape index (κ1) is 28.2. The summed E-state index contributed by atoms with van der Waals surface area (Å²) in [6.45, 7) is 0.0971. The van der Waals surface area contributed by atoms with E-state index in [2.05, 4.69) is 4.98 Å². The Balaban J connectivity index is 1.27. The van der Waals surface area contributed by atoms with E-state index in [9.17, 15) is 8.42 Å². The molecule has 0 amide bonds. The summed E-state index contributed by atoms with van der Waals surface area (Å²) in [5, 5.41) is 8.44. The first-order valence-electron chi connectivity index (χ1n) is 13.2. The third-order valence-corrected chi connectivity index (χ3v) is 9.09. The van der Waals surface area contributed by atoms with Gasteiger partial charge in [-0.25, -0.2) is 13.4 Å². The van der Waals surface area contributed by atoms with E-state index < -0.39 is 16.0 Å². The second-order valence-corrected chi connectivity index (χ2v) is 13.7. The fraction of sp³-hybridized carbons (Fsp3) is 0.125. The number of halogens is 1. The maximum atomic E-state index is 11.5. The fourth-order valence-corrected chi connectivity index (χ4v) is 6.19. The van der Waals surface area contributed by atoms with Crippen molar-refractivity contribution >= 4 is 55.5 Å². The van der Waals surface area contributed by atoms with Crippen LogP contribution in [0.1, 0.15) is 22.9 Å². The molecule has 0 saturated heterocycles. The summed E-state index contributed by atoms with van der Waals surface area (Å²) in [4.78, 5) is 6.51. The van der Waals surface area contributed by atoms with Crippen LogP contribution in [0.15, 0.2) is 118 Å². The molecule has 2 heterocycles. The van der Waals surface area contributed by atoms with E-state index >= 15 is 0 Å². The second-order valence-electron chi connectivity index (χ2n) is 9.89. The average Bonchev–Trinajstić information content (AvgIpc) is 2.98. The summed E-state index contributed by atoms with van der Waals surface area (Å²) in [6.07, 6.45) is 2.53. The van der Waals surface area contributed by atoms with Crippen molar-refractivity contribution in [3.05, 3.63) is 125 Å². The highest BCUT2D eigenvalue weighted by Gasteiger charge is 2.27. The first-order chi connectivity index (χ1) is 20.2. The fourth-order valence-electron chi connectivity index (χ4n) is 4.75. The lowest BCUT2D eigenvalue weighted by molar-refractivity contribution is 0.341. The molecule has 0 saturated carbocycles. The van der Waals surface area contributed by atoms with E-state index in [1.54, 1.807) is 24.0 Å². The number of ether oxygens (including phenoxy) is 1. The van der Waals surface area contributed by atoms with Gasteiger partial charge >= 0.3 is 0 Å². The van der Waals surface area contributed by atoms with Crippen LogP contribution in [0, 0.1) is 0 Å². The SMILES string of the molecule is CS(=O)(=O)CCOc1ccc2nccc(Sc3ccc(N4N=C(c5ccc(Cl)cc5)c5ccccc5C4N)cc3)c2c1. The number of sulfone groups is 1. The van der Waals surface area contributed by atoms with E-state index in [4.69, 9.17) is 27.2 Å². The highest BCUT2D eigenvalue weighted by molar-refractivity contribution is 7.99. The molecule has 4 aromatic carbocycles. The molecular formula is C32H27ClN4O3S2. The predicted octanol–water partition coefficient (Wildman–Crippen LogP) is 6.69. The third kappa shape index (κ3) is 6.15. The number of fused-ring (bicyclic) bond motifs is 2. The standard InChI is InChI=1S/C32H27ClN4O3S2/c1-42(38,39)19-18-40-24-12-15-29-28(20-24)30(16-17-35-29)41-25-13-10-23(11-14-25)37-32(34)27-5-3-2-4-26(27)31(36-37)21-6-8-22(33)9-7-21/h2-17,20,32H,18-19,34H2,1H3. The number of hydrogen-bond donors (Lipinski definition) is 1. The quantitative estimate of drug-likeness (QED) is 0.208. The molecule has 6 rings (SSSR count). The summed E-state index contributed by atoms with van der Waals surface area (Å²) >= 11 is 7.75. The molecule has 0 bridgehead atoms. The van der Waals surface area contributed by atoms with E-state index in [-0.39, 0.29) is 12.4 Å². The molecule has 0 fully saturated rings. The van der Waals surface area contributed by atoms with Crippen molar-refractivity contribution in [1.82, 2.24) is 4.98 Å². The Morgan fingerprint density at radius 2 is 1.74 bits per heavy atom.